The van der Waals surface area contributed by atoms with Gasteiger partial charge in [0.2, 0.25) is 0 Å². The standard InChI is InChI=1S/C17H25NO/c1-12-2-3-15(19-12)17-9-13-6-14(10-17)8-16(7-13,11-17)4-5-18/h2-3,13-14H,4-11,18H2,1H3. The van der Waals surface area contributed by atoms with Gasteiger partial charge in [-0.05, 0) is 87.8 Å². The van der Waals surface area contributed by atoms with E-state index in [9.17, 15) is 0 Å². The van der Waals surface area contributed by atoms with Crippen LogP contribution in [-0.2, 0) is 5.41 Å². The van der Waals surface area contributed by atoms with Crippen LogP contribution in [0.5, 0.6) is 0 Å². The Hall–Kier alpha value is -0.760. The van der Waals surface area contributed by atoms with E-state index in [1.807, 2.05) is 0 Å². The molecule has 5 rings (SSSR count). The van der Waals surface area contributed by atoms with E-state index in [0.29, 0.717) is 10.8 Å². The number of hydrogen-bond acceptors (Lipinski definition) is 2. The molecule has 2 heteroatoms. The van der Waals surface area contributed by atoms with Crippen LogP contribution in [0, 0.1) is 24.2 Å². The Balaban J connectivity index is 1.73. The van der Waals surface area contributed by atoms with Crippen molar-refractivity contribution in [2.45, 2.75) is 57.3 Å². The molecule has 2 nitrogen and oxygen atoms in total. The molecule has 1 aromatic rings. The molecule has 1 aromatic heterocycles. The molecule has 0 saturated heterocycles. The van der Waals surface area contributed by atoms with Gasteiger partial charge in [-0.25, -0.2) is 0 Å². The number of hydrogen-bond donors (Lipinski definition) is 1. The van der Waals surface area contributed by atoms with Crippen molar-refractivity contribution in [1.29, 1.82) is 0 Å². The van der Waals surface area contributed by atoms with Crippen LogP contribution >= 0.6 is 0 Å². The molecule has 4 aliphatic rings. The fourth-order valence-corrected chi connectivity index (χ4v) is 6.06. The van der Waals surface area contributed by atoms with Crippen molar-refractivity contribution in [2.75, 3.05) is 6.54 Å². The van der Waals surface area contributed by atoms with Crippen molar-refractivity contribution >= 4 is 0 Å². The van der Waals surface area contributed by atoms with E-state index in [-0.39, 0.29) is 0 Å². The Morgan fingerprint density at radius 2 is 1.95 bits per heavy atom. The smallest absolute Gasteiger partial charge is 0.110 e. The minimum Gasteiger partial charge on any atom is -0.466 e. The quantitative estimate of drug-likeness (QED) is 0.897. The summed E-state index contributed by atoms with van der Waals surface area (Å²) in [5, 5.41) is 0. The highest BCUT2D eigenvalue weighted by atomic mass is 16.3. The van der Waals surface area contributed by atoms with Crippen molar-refractivity contribution in [3.8, 4) is 0 Å². The molecule has 4 bridgehead atoms. The lowest BCUT2D eigenvalue weighted by molar-refractivity contribution is -0.0818. The van der Waals surface area contributed by atoms with E-state index in [2.05, 4.69) is 19.1 Å². The Bertz CT molecular complexity index is 475. The van der Waals surface area contributed by atoms with Gasteiger partial charge in [-0.1, -0.05) is 0 Å². The maximum absolute atomic E-state index is 6.06. The van der Waals surface area contributed by atoms with Crippen molar-refractivity contribution in [2.24, 2.45) is 23.0 Å². The second-order valence-electron chi connectivity index (χ2n) is 7.69. The third kappa shape index (κ3) is 1.72. The molecule has 0 amide bonds. The highest BCUT2D eigenvalue weighted by Crippen LogP contribution is 2.66. The predicted molar refractivity (Wildman–Crippen MR) is 75.9 cm³/mol. The van der Waals surface area contributed by atoms with E-state index in [0.717, 1.165) is 24.1 Å². The first-order valence-electron chi connectivity index (χ1n) is 7.90. The van der Waals surface area contributed by atoms with Gasteiger partial charge >= 0.3 is 0 Å². The van der Waals surface area contributed by atoms with Crippen LogP contribution < -0.4 is 5.73 Å². The SMILES string of the molecule is Cc1ccc(C23CC4CC(CC(CCN)(C4)C2)C3)o1. The predicted octanol–water partition coefficient (Wildman–Crippen LogP) is 3.77. The first-order chi connectivity index (χ1) is 9.13. The Kier molecular flexibility index (Phi) is 2.45. The molecule has 104 valence electrons. The zero-order valence-corrected chi connectivity index (χ0v) is 12.0. The zero-order valence-electron chi connectivity index (χ0n) is 12.0. The lowest BCUT2D eigenvalue weighted by Crippen LogP contribution is -2.54. The van der Waals surface area contributed by atoms with Crippen molar-refractivity contribution in [3.63, 3.8) is 0 Å². The summed E-state index contributed by atoms with van der Waals surface area (Å²) >= 11 is 0. The van der Waals surface area contributed by atoms with E-state index in [1.54, 1.807) is 0 Å². The first-order valence-corrected chi connectivity index (χ1v) is 7.90. The van der Waals surface area contributed by atoms with E-state index in [4.69, 9.17) is 10.2 Å². The number of aryl methyl sites for hydroxylation is 1. The summed E-state index contributed by atoms with van der Waals surface area (Å²) in [7, 11) is 0. The largest absolute Gasteiger partial charge is 0.466 e. The molecule has 0 spiro atoms. The van der Waals surface area contributed by atoms with Crippen LogP contribution in [-0.4, -0.2) is 6.54 Å². The topological polar surface area (TPSA) is 39.2 Å². The number of rotatable bonds is 3. The summed E-state index contributed by atoms with van der Waals surface area (Å²) in [4.78, 5) is 0. The van der Waals surface area contributed by atoms with Crippen molar-refractivity contribution < 1.29 is 4.42 Å². The van der Waals surface area contributed by atoms with Crippen LogP contribution in [0.2, 0.25) is 0 Å². The number of furan rings is 1. The average molecular weight is 259 g/mol. The minimum absolute atomic E-state index is 0.355. The van der Waals surface area contributed by atoms with Crippen LogP contribution in [0.4, 0.5) is 0 Å². The Morgan fingerprint density at radius 3 is 2.53 bits per heavy atom. The molecule has 0 radical (unpaired) electrons. The summed E-state index contributed by atoms with van der Waals surface area (Å²) in [6.07, 6.45) is 9.61. The molecule has 4 fully saturated rings. The maximum atomic E-state index is 6.06. The van der Waals surface area contributed by atoms with E-state index in [1.165, 1.54) is 50.7 Å². The lowest BCUT2D eigenvalue weighted by atomic mass is 9.43. The molecule has 19 heavy (non-hydrogen) atoms. The van der Waals surface area contributed by atoms with Gasteiger partial charge in [-0.3, -0.25) is 0 Å². The molecule has 4 saturated carbocycles. The fraction of sp³-hybridized carbons (Fsp3) is 0.765. The fourth-order valence-electron chi connectivity index (χ4n) is 6.06. The summed E-state index contributed by atoms with van der Waals surface area (Å²) in [6, 6.07) is 4.39. The minimum atomic E-state index is 0.355. The molecule has 2 atom stereocenters. The zero-order chi connectivity index (χ0) is 13.1. The van der Waals surface area contributed by atoms with Gasteiger partial charge in [0.15, 0.2) is 0 Å². The molecule has 2 N–H and O–H groups in total. The van der Waals surface area contributed by atoms with Crippen LogP contribution in [0.25, 0.3) is 0 Å². The van der Waals surface area contributed by atoms with Crippen molar-refractivity contribution in [1.82, 2.24) is 0 Å². The molecular formula is C17H25NO. The average Bonchev–Trinajstić information content (AvgIpc) is 2.74. The molecule has 4 aliphatic carbocycles. The summed E-state index contributed by atoms with van der Waals surface area (Å²) in [5.41, 5.74) is 6.81. The Morgan fingerprint density at radius 1 is 1.21 bits per heavy atom. The molecule has 1 heterocycles. The third-order valence-electron chi connectivity index (χ3n) is 6.12. The number of nitrogens with two attached hydrogens (primary N) is 1. The molecule has 2 unspecified atom stereocenters. The van der Waals surface area contributed by atoms with Gasteiger partial charge < -0.3 is 10.2 Å². The van der Waals surface area contributed by atoms with Crippen molar-refractivity contribution in [3.05, 3.63) is 23.7 Å². The van der Waals surface area contributed by atoms with Gasteiger partial charge in [-0.15, -0.1) is 0 Å². The first kappa shape index (κ1) is 12.0. The monoisotopic (exact) mass is 259 g/mol. The van der Waals surface area contributed by atoms with Gasteiger partial charge in [0, 0.05) is 5.41 Å². The second kappa shape index (κ2) is 3.88. The highest BCUT2D eigenvalue weighted by Gasteiger charge is 2.58. The highest BCUT2D eigenvalue weighted by molar-refractivity contribution is 5.24. The molecular weight excluding hydrogens is 234 g/mol. The summed E-state index contributed by atoms with van der Waals surface area (Å²) in [6.45, 7) is 2.92. The third-order valence-corrected chi connectivity index (χ3v) is 6.12. The van der Waals surface area contributed by atoms with Gasteiger partial charge in [0.1, 0.15) is 11.5 Å². The Labute approximate surface area is 115 Å². The summed E-state index contributed by atoms with van der Waals surface area (Å²) < 4.78 is 6.06. The van der Waals surface area contributed by atoms with Gasteiger partial charge in [0.25, 0.3) is 0 Å². The molecule has 0 aliphatic heterocycles. The van der Waals surface area contributed by atoms with Crippen LogP contribution in [0.15, 0.2) is 16.5 Å². The lowest BCUT2D eigenvalue weighted by Gasteiger charge is -2.61. The van der Waals surface area contributed by atoms with Gasteiger partial charge in [-0.2, -0.15) is 0 Å². The van der Waals surface area contributed by atoms with Crippen LogP contribution in [0.3, 0.4) is 0 Å². The summed E-state index contributed by atoms with van der Waals surface area (Å²) in [5.74, 6) is 4.20. The second-order valence-corrected chi connectivity index (χ2v) is 7.69. The molecule has 0 aromatic carbocycles. The normalized spacial score (nSPS) is 43.9. The van der Waals surface area contributed by atoms with E-state index < -0.39 is 0 Å². The van der Waals surface area contributed by atoms with Crippen LogP contribution in [0.1, 0.15) is 56.5 Å². The maximum Gasteiger partial charge on any atom is 0.110 e. The van der Waals surface area contributed by atoms with Gasteiger partial charge in [0.05, 0.1) is 0 Å². The van der Waals surface area contributed by atoms with E-state index >= 15 is 0 Å².